The van der Waals surface area contributed by atoms with Gasteiger partial charge in [-0.2, -0.15) is 0 Å². The summed E-state index contributed by atoms with van der Waals surface area (Å²) in [6.45, 7) is 0.852. The van der Waals surface area contributed by atoms with Crippen molar-refractivity contribution >= 4 is 17.5 Å². The van der Waals surface area contributed by atoms with Gasteiger partial charge < -0.3 is 19.5 Å². The number of amides is 1. The number of nitrogens with zero attached hydrogens (tertiary/aromatic N) is 1. The van der Waals surface area contributed by atoms with E-state index in [-0.39, 0.29) is 35.3 Å². The second-order valence-electron chi connectivity index (χ2n) is 6.65. The number of fused-ring (bicyclic) bond motifs is 1. The summed E-state index contributed by atoms with van der Waals surface area (Å²) in [5.41, 5.74) is 0.00941. The average Bonchev–Trinajstić information content (AvgIpc) is 3.01. The molecule has 0 unspecified atom stereocenters. The van der Waals surface area contributed by atoms with Crippen molar-refractivity contribution in [2.24, 2.45) is 0 Å². The molecule has 3 rings (SSSR count). The highest BCUT2D eigenvalue weighted by Gasteiger charge is 2.52. The van der Waals surface area contributed by atoms with E-state index in [2.05, 4.69) is 0 Å². The van der Waals surface area contributed by atoms with E-state index in [4.69, 9.17) is 26.2 Å². The lowest BCUT2D eigenvalue weighted by Crippen LogP contribution is -2.53. The lowest BCUT2D eigenvalue weighted by atomic mass is 9.79. The number of carbonyl (C=O) groups excluding carboxylic acids is 1. The van der Waals surface area contributed by atoms with Crippen LogP contribution in [0.5, 0.6) is 0 Å². The molecule has 0 radical (unpaired) electrons. The predicted molar refractivity (Wildman–Crippen MR) is 91.3 cm³/mol. The third-order valence-electron chi connectivity index (χ3n) is 5.41. The number of aliphatic hydroxyl groups excluding tert-OH is 1. The number of hydrogen-bond acceptors (Lipinski definition) is 4. The molecular formula is C18H23ClFNO4. The minimum Gasteiger partial charge on any atom is -0.394 e. The normalized spacial score (nSPS) is 28.9. The fraction of sp³-hybridized carbons (Fsp3) is 0.611. The van der Waals surface area contributed by atoms with Crippen LogP contribution < -0.4 is 0 Å². The molecule has 1 aliphatic carbocycles. The summed E-state index contributed by atoms with van der Waals surface area (Å²) >= 11 is 5.82. The van der Waals surface area contributed by atoms with Gasteiger partial charge in [-0.15, -0.1) is 0 Å². The summed E-state index contributed by atoms with van der Waals surface area (Å²) in [6.07, 6.45) is 3.06. The molecule has 1 saturated carbocycles. The van der Waals surface area contributed by atoms with Crippen LogP contribution in [-0.4, -0.2) is 60.5 Å². The first-order valence-electron chi connectivity index (χ1n) is 8.54. The molecule has 0 spiro atoms. The second-order valence-corrected chi connectivity index (χ2v) is 7.06. The number of hydrogen-bond donors (Lipinski definition) is 1. The summed E-state index contributed by atoms with van der Waals surface area (Å²) in [5.74, 6) is -0.713. The first kappa shape index (κ1) is 18.6. The quantitative estimate of drug-likeness (QED) is 0.864. The number of benzene rings is 1. The molecule has 3 atom stereocenters. The molecule has 1 heterocycles. The third-order valence-corrected chi connectivity index (χ3v) is 5.70. The largest absolute Gasteiger partial charge is 0.394 e. The Morgan fingerprint density at radius 1 is 1.48 bits per heavy atom. The van der Waals surface area contributed by atoms with Gasteiger partial charge in [-0.1, -0.05) is 11.6 Å². The first-order valence-corrected chi connectivity index (χ1v) is 8.92. The number of likely N-dealkylation sites (tertiary alicyclic amines) is 1. The van der Waals surface area contributed by atoms with Crippen LogP contribution in [0.25, 0.3) is 0 Å². The maximum atomic E-state index is 13.4. The molecule has 1 aromatic carbocycles. The maximum absolute atomic E-state index is 13.4. The predicted octanol–water partition coefficient (Wildman–Crippen LogP) is 2.64. The Labute approximate surface area is 151 Å². The maximum Gasteiger partial charge on any atom is 0.254 e. The van der Waals surface area contributed by atoms with Gasteiger partial charge in [0, 0.05) is 19.2 Å². The number of aliphatic hydroxyl groups is 1. The van der Waals surface area contributed by atoms with E-state index in [0.29, 0.717) is 25.1 Å². The van der Waals surface area contributed by atoms with E-state index in [1.807, 2.05) is 0 Å². The Morgan fingerprint density at radius 3 is 2.96 bits per heavy atom. The van der Waals surface area contributed by atoms with Gasteiger partial charge in [0.2, 0.25) is 0 Å². The second kappa shape index (κ2) is 7.58. The molecule has 2 fully saturated rings. The standard InChI is InChI=1S/C18H23ClFNO4/c1-24-18-5-4-13(25-9-8-22)11-16(18)21(7-6-18)17(23)12-2-3-15(20)14(19)10-12/h2-3,10,13,16,22H,4-9,11H2,1H3/t13-,16-,18+/m0/s1. The van der Waals surface area contributed by atoms with Gasteiger partial charge >= 0.3 is 0 Å². The highest BCUT2D eigenvalue weighted by Crippen LogP contribution is 2.43. The molecule has 25 heavy (non-hydrogen) atoms. The SMILES string of the molecule is CO[C@@]12CC[C@H](OCCO)C[C@@H]1N(C(=O)c1ccc(F)c(Cl)c1)CC2. The molecule has 0 aromatic heterocycles. The van der Waals surface area contributed by atoms with Crippen molar-refractivity contribution in [1.82, 2.24) is 4.90 Å². The fourth-order valence-electron chi connectivity index (χ4n) is 4.07. The van der Waals surface area contributed by atoms with Gasteiger partial charge in [-0.3, -0.25) is 4.79 Å². The van der Waals surface area contributed by atoms with Crippen LogP contribution in [0.4, 0.5) is 4.39 Å². The van der Waals surface area contributed by atoms with Gasteiger partial charge in [0.1, 0.15) is 5.82 Å². The van der Waals surface area contributed by atoms with Gasteiger partial charge in [0.05, 0.1) is 36.0 Å². The molecule has 2 aliphatic rings. The number of carbonyl (C=O) groups is 1. The molecule has 1 saturated heterocycles. The van der Waals surface area contributed by atoms with E-state index in [0.717, 1.165) is 19.3 Å². The molecular weight excluding hydrogens is 349 g/mol. The van der Waals surface area contributed by atoms with Crippen LogP contribution in [0.1, 0.15) is 36.0 Å². The van der Waals surface area contributed by atoms with Crippen molar-refractivity contribution in [3.63, 3.8) is 0 Å². The Kier molecular flexibility index (Phi) is 5.63. The van der Waals surface area contributed by atoms with Crippen LogP contribution in [0.15, 0.2) is 18.2 Å². The molecule has 1 aromatic rings. The van der Waals surface area contributed by atoms with E-state index in [9.17, 15) is 9.18 Å². The number of rotatable bonds is 5. The van der Waals surface area contributed by atoms with Crippen LogP contribution in [0, 0.1) is 5.82 Å². The Morgan fingerprint density at radius 2 is 2.28 bits per heavy atom. The fourth-order valence-corrected chi connectivity index (χ4v) is 4.25. The van der Waals surface area contributed by atoms with E-state index in [1.54, 1.807) is 12.0 Å². The highest BCUT2D eigenvalue weighted by atomic mass is 35.5. The minimum atomic E-state index is -0.541. The van der Waals surface area contributed by atoms with Crippen molar-refractivity contribution in [1.29, 1.82) is 0 Å². The van der Waals surface area contributed by atoms with Crippen LogP contribution >= 0.6 is 11.6 Å². The Hall–Kier alpha value is -1.21. The first-order chi connectivity index (χ1) is 12.0. The molecule has 0 bridgehead atoms. The molecule has 7 heteroatoms. The molecule has 1 N–H and O–H groups in total. The average molecular weight is 372 g/mol. The Balaban J connectivity index is 1.81. The van der Waals surface area contributed by atoms with Crippen molar-refractivity contribution in [3.05, 3.63) is 34.6 Å². The zero-order valence-corrected chi connectivity index (χ0v) is 15.0. The van der Waals surface area contributed by atoms with Gasteiger partial charge in [0.25, 0.3) is 5.91 Å². The van der Waals surface area contributed by atoms with E-state index >= 15 is 0 Å². The van der Waals surface area contributed by atoms with Crippen molar-refractivity contribution in [2.45, 2.75) is 43.4 Å². The number of methoxy groups -OCH3 is 1. The van der Waals surface area contributed by atoms with Crippen LogP contribution in [0.3, 0.4) is 0 Å². The molecule has 5 nitrogen and oxygen atoms in total. The van der Waals surface area contributed by atoms with Gasteiger partial charge in [-0.25, -0.2) is 4.39 Å². The summed E-state index contributed by atoms with van der Waals surface area (Å²) in [4.78, 5) is 14.7. The lowest BCUT2D eigenvalue weighted by Gasteiger charge is -2.43. The number of halogens is 2. The Bertz CT molecular complexity index is 644. The zero-order valence-electron chi connectivity index (χ0n) is 14.2. The summed E-state index contributed by atoms with van der Waals surface area (Å²) in [7, 11) is 1.69. The monoisotopic (exact) mass is 371 g/mol. The summed E-state index contributed by atoms with van der Waals surface area (Å²) in [6, 6.07) is 3.93. The zero-order chi connectivity index (χ0) is 18.0. The summed E-state index contributed by atoms with van der Waals surface area (Å²) < 4.78 is 24.9. The number of ether oxygens (including phenoxy) is 2. The van der Waals surface area contributed by atoms with Gasteiger partial charge in [-0.05, 0) is 43.9 Å². The van der Waals surface area contributed by atoms with Crippen LogP contribution in [-0.2, 0) is 9.47 Å². The lowest BCUT2D eigenvalue weighted by molar-refractivity contribution is -0.0992. The highest BCUT2D eigenvalue weighted by molar-refractivity contribution is 6.31. The molecule has 1 amide bonds. The van der Waals surface area contributed by atoms with Gasteiger partial charge in [0.15, 0.2) is 0 Å². The molecule has 138 valence electrons. The minimum absolute atomic E-state index is 0.00868. The van der Waals surface area contributed by atoms with E-state index in [1.165, 1.54) is 18.2 Å². The molecule has 1 aliphatic heterocycles. The van der Waals surface area contributed by atoms with Crippen molar-refractivity contribution < 1.29 is 23.8 Å². The topological polar surface area (TPSA) is 59.0 Å². The van der Waals surface area contributed by atoms with Crippen molar-refractivity contribution in [3.8, 4) is 0 Å². The van der Waals surface area contributed by atoms with E-state index < -0.39 is 5.82 Å². The third kappa shape index (κ3) is 3.53. The van der Waals surface area contributed by atoms with Crippen molar-refractivity contribution in [2.75, 3.05) is 26.9 Å². The summed E-state index contributed by atoms with van der Waals surface area (Å²) in [5, 5.41) is 8.90. The smallest absolute Gasteiger partial charge is 0.254 e. The van der Waals surface area contributed by atoms with Crippen LogP contribution in [0.2, 0.25) is 5.02 Å².